The summed E-state index contributed by atoms with van der Waals surface area (Å²) >= 11 is 0. The van der Waals surface area contributed by atoms with E-state index >= 15 is 0 Å². The molecule has 20 heavy (non-hydrogen) atoms. The van der Waals surface area contributed by atoms with Crippen LogP contribution in [0, 0.1) is 25.2 Å². The Balaban J connectivity index is 2.23. The smallest absolute Gasteiger partial charge is 0.266 e. The standard InChI is InChI=1S/C16H15N3O/c1-11-5-6-12(2)15(8-11)19-16(20)13(10-17)9-14-4-3-7-18-14/h3-9,18H,1-2H3,(H,19,20). The van der Waals surface area contributed by atoms with Crippen LogP contribution in [-0.4, -0.2) is 10.9 Å². The number of nitrogens with one attached hydrogen (secondary N) is 2. The molecule has 0 aliphatic carbocycles. The lowest BCUT2D eigenvalue weighted by molar-refractivity contribution is -0.112. The number of aromatic nitrogens is 1. The fourth-order valence-electron chi connectivity index (χ4n) is 1.80. The van der Waals surface area contributed by atoms with Crippen molar-refractivity contribution in [2.24, 2.45) is 0 Å². The molecule has 4 heteroatoms. The van der Waals surface area contributed by atoms with Gasteiger partial charge >= 0.3 is 0 Å². The zero-order chi connectivity index (χ0) is 14.5. The molecular formula is C16H15N3O. The summed E-state index contributed by atoms with van der Waals surface area (Å²) in [5.74, 6) is -0.407. The lowest BCUT2D eigenvalue weighted by Gasteiger charge is -2.08. The van der Waals surface area contributed by atoms with Gasteiger partial charge in [-0.3, -0.25) is 4.79 Å². The number of rotatable bonds is 3. The molecule has 1 heterocycles. The molecule has 4 nitrogen and oxygen atoms in total. The number of benzene rings is 1. The molecule has 1 aromatic heterocycles. The van der Waals surface area contributed by atoms with E-state index in [0.29, 0.717) is 0 Å². The van der Waals surface area contributed by atoms with Crippen LogP contribution < -0.4 is 5.32 Å². The third-order valence-electron chi connectivity index (χ3n) is 2.93. The number of nitriles is 1. The van der Waals surface area contributed by atoms with Crippen molar-refractivity contribution in [1.29, 1.82) is 5.26 Å². The van der Waals surface area contributed by atoms with Crippen LogP contribution in [0.2, 0.25) is 0 Å². The monoisotopic (exact) mass is 265 g/mol. The second kappa shape index (κ2) is 5.89. The number of hydrogen-bond acceptors (Lipinski definition) is 2. The first kappa shape index (κ1) is 13.6. The Kier molecular flexibility index (Phi) is 4.02. The minimum atomic E-state index is -0.407. The average molecular weight is 265 g/mol. The summed E-state index contributed by atoms with van der Waals surface area (Å²) in [5.41, 5.74) is 3.52. The molecule has 0 aliphatic heterocycles. The molecule has 2 rings (SSSR count). The van der Waals surface area contributed by atoms with Crippen molar-refractivity contribution in [3.05, 3.63) is 58.9 Å². The van der Waals surface area contributed by atoms with Gasteiger partial charge in [-0.1, -0.05) is 12.1 Å². The highest BCUT2D eigenvalue weighted by Gasteiger charge is 2.11. The van der Waals surface area contributed by atoms with Crippen LogP contribution in [0.5, 0.6) is 0 Å². The van der Waals surface area contributed by atoms with Crippen LogP contribution in [0.25, 0.3) is 6.08 Å². The summed E-state index contributed by atoms with van der Waals surface area (Å²) in [6.45, 7) is 3.87. The van der Waals surface area contributed by atoms with Crippen LogP contribution in [0.3, 0.4) is 0 Å². The highest BCUT2D eigenvalue weighted by atomic mass is 16.1. The van der Waals surface area contributed by atoms with Gasteiger partial charge in [0.15, 0.2) is 0 Å². The number of aryl methyl sites for hydroxylation is 2. The largest absolute Gasteiger partial charge is 0.362 e. The number of carbonyl (C=O) groups is 1. The van der Waals surface area contributed by atoms with E-state index in [1.165, 1.54) is 6.08 Å². The molecule has 2 aromatic rings. The maximum atomic E-state index is 12.1. The second-order valence-corrected chi connectivity index (χ2v) is 4.57. The number of carbonyl (C=O) groups excluding carboxylic acids is 1. The van der Waals surface area contributed by atoms with Crippen molar-refractivity contribution in [2.75, 3.05) is 5.32 Å². The molecule has 0 unspecified atom stereocenters. The second-order valence-electron chi connectivity index (χ2n) is 4.57. The Bertz CT molecular complexity index is 691. The van der Waals surface area contributed by atoms with E-state index in [1.807, 2.05) is 44.2 Å². The molecule has 0 fully saturated rings. The summed E-state index contributed by atoms with van der Waals surface area (Å²) in [6, 6.07) is 11.3. The minimum absolute atomic E-state index is 0.0633. The topological polar surface area (TPSA) is 68.7 Å². The van der Waals surface area contributed by atoms with Gasteiger partial charge in [0.2, 0.25) is 0 Å². The van der Waals surface area contributed by atoms with Gasteiger partial charge in [-0.2, -0.15) is 5.26 Å². The Morgan fingerprint density at radius 2 is 2.15 bits per heavy atom. The number of nitrogens with zero attached hydrogens (tertiary/aromatic N) is 1. The van der Waals surface area contributed by atoms with Crippen LogP contribution in [0.15, 0.2) is 42.1 Å². The minimum Gasteiger partial charge on any atom is -0.362 e. The van der Waals surface area contributed by atoms with Crippen LogP contribution >= 0.6 is 0 Å². The van der Waals surface area contributed by atoms with E-state index in [2.05, 4.69) is 10.3 Å². The molecule has 0 bridgehead atoms. The Labute approximate surface area is 117 Å². The SMILES string of the molecule is Cc1ccc(C)c(NC(=O)C(C#N)=Cc2ccc[nH]2)c1. The first-order chi connectivity index (χ1) is 9.60. The molecule has 0 aliphatic rings. The van der Waals surface area contributed by atoms with E-state index in [0.717, 1.165) is 22.5 Å². The predicted octanol–water partition coefficient (Wildman–Crippen LogP) is 3.18. The summed E-state index contributed by atoms with van der Waals surface area (Å²) in [7, 11) is 0. The molecule has 1 amide bonds. The quantitative estimate of drug-likeness (QED) is 0.661. The van der Waals surface area contributed by atoms with Gasteiger partial charge in [-0.15, -0.1) is 0 Å². The molecule has 100 valence electrons. The number of aromatic amines is 1. The van der Waals surface area contributed by atoms with E-state index < -0.39 is 5.91 Å². The number of anilines is 1. The molecule has 0 radical (unpaired) electrons. The Hall–Kier alpha value is -2.80. The molecule has 0 saturated heterocycles. The number of hydrogen-bond donors (Lipinski definition) is 2. The third kappa shape index (κ3) is 3.15. The molecule has 0 atom stereocenters. The Morgan fingerprint density at radius 1 is 1.35 bits per heavy atom. The Morgan fingerprint density at radius 3 is 2.80 bits per heavy atom. The van der Waals surface area contributed by atoms with Crippen molar-refractivity contribution in [1.82, 2.24) is 4.98 Å². The van der Waals surface area contributed by atoms with E-state index in [-0.39, 0.29) is 5.57 Å². The molecule has 1 aromatic carbocycles. The third-order valence-corrected chi connectivity index (χ3v) is 2.93. The molecule has 2 N–H and O–H groups in total. The first-order valence-electron chi connectivity index (χ1n) is 6.24. The highest BCUT2D eigenvalue weighted by Crippen LogP contribution is 2.17. The predicted molar refractivity (Wildman–Crippen MR) is 78.9 cm³/mol. The van der Waals surface area contributed by atoms with Crippen LogP contribution in [0.1, 0.15) is 16.8 Å². The maximum Gasteiger partial charge on any atom is 0.266 e. The first-order valence-corrected chi connectivity index (χ1v) is 6.24. The van der Waals surface area contributed by atoms with Crippen molar-refractivity contribution in [3.8, 4) is 6.07 Å². The van der Waals surface area contributed by atoms with Gasteiger partial charge in [0, 0.05) is 17.6 Å². The van der Waals surface area contributed by atoms with Crippen molar-refractivity contribution in [3.63, 3.8) is 0 Å². The molecular weight excluding hydrogens is 250 g/mol. The summed E-state index contributed by atoms with van der Waals surface area (Å²) in [4.78, 5) is 15.1. The average Bonchev–Trinajstić information content (AvgIpc) is 2.93. The molecule has 0 spiro atoms. The van der Waals surface area contributed by atoms with Gasteiger partial charge < -0.3 is 10.3 Å². The van der Waals surface area contributed by atoms with Gasteiger partial charge in [0.25, 0.3) is 5.91 Å². The highest BCUT2D eigenvalue weighted by molar-refractivity contribution is 6.09. The lowest BCUT2D eigenvalue weighted by atomic mass is 10.1. The normalized spacial score (nSPS) is 10.9. The van der Waals surface area contributed by atoms with Gasteiger partial charge in [0.05, 0.1) is 0 Å². The number of amides is 1. The zero-order valence-electron chi connectivity index (χ0n) is 11.4. The fraction of sp³-hybridized carbons (Fsp3) is 0.125. The maximum absolute atomic E-state index is 12.1. The molecule has 0 saturated carbocycles. The van der Waals surface area contributed by atoms with Gasteiger partial charge in [-0.25, -0.2) is 0 Å². The lowest BCUT2D eigenvalue weighted by Crippen LogP contribution is -2.14. The number of H-pyrrole nitrogens is 1. The van der Waals surface area contributed by atoms with E-state index in [4.69, 9.17) is 5.26 Å². The van der Waals surface area contributed by atoms with Crippen molar-refractivity contribution in [2.45, 2.75) is 13.8 Å². The summed E-state index contributed by atoms with van der Waals surface area (Å²) < 4.78 is 0. The summed E-state index contributed by atoms with van der Waals surface area (Å²) in [5, 5.41) is 11.9. The van der Waals surface area contributed by atoms with Gasteiger partial charge in [0.1, 0.15) is 11.6 Å². The van der Waals surface area contributed by atoms with Crippen molar-refractivity contribution >= 4 is 17.7 Å². The van der Waals surface area contributed by atoms with E-state index in [9.17, 15) is 4.79 Å². The zero-order valence-corrected chi connectivity index (χ0v) is 11.4. The van der Waals surface area contributed by atoms with Crippen LogP contribution in [0.4, 0.5) is 5.69 Å². The van der Waals surface area contributed by atoms with Gasteiger partial charge in [-0.05, 0) is 49.2 Å². The fourth-order valence-corrected chi connectivity index (χ4v) is 1.80. The summed E-state index contributed by atoms with van der Waals surface area (Å²) in [6.07, 6.45) is 3.27. The van der Waals surface area contributed by atoms with Crippen molar-refractivity contribution < 1.29 is 4.79 Å². The van der Waals surface area contributed by atoms with E-state index in [1.54, 1.807) is 12.3 Å². The van der Waals surface area contributed by atoms with Crippen LogP contribution in [-0.2, 0) is 4.79 Å².